The van der Waals surface area contributed by atoms with Crippen molar-refractivity contribution >= 4 is 19.1 Å². The van der Waals surface area contributed by atoms with E-state index >= 15 is 0 Å². The molecule has 0 aromatic rings. The van der Waals surface area contributed by atoms with Gasteiger partial charge in [-0.25, -0.2) is 0 Å². The van der Waals surface area contributed by atoms with E-state index in [1.807, 2.05) is 0 Å². The molecule has 0 radical (unpaired) electrons. The van der Waals surface area contributed by atoms with E-state index in [-0.39, 0.29) is 36.0 Å². The van der Waals surface area contributed by atoms with E-state index in [1.54, 1.807) is 0 Å². The van der Waals surface area contributed by atoms with Crippen LogP contribution >= 0.6 is 7.60 Å². The van der Waals surface area contributed by atoms with Crippen molar-refractivity contribution in [3.05, 3.63) is 0 Å². The number of ether oxygens (including phenoxy) is 1. The van der Waals surface area contributed by atoms with Crippen LogP contribution in [0.4, 0.5) is 0 Å². The Kier molecular flexibility index (Phi) is 8.12. The van der Waals surface area contributed by atoms with Gasteiger partial charge < -0.3 is 14.5 Å². The van der Waals surface area contributed by atoms with E-state index in [1.165, 1.54) is 0 Å². The molecule has 2 N–H and O–H groups in total. The van der Waals surface area contributed by atoms with Crippen molar-refractivity contribution in [2.75, 3.05) is 7.11 Å². The minimum Gasteiger partial charge on any atom is -0.469 e. The zero-order valence-electron chi connectivity index (χ0n) is 7.39. The van der Waals surface area contributed by atoms with E-state index in [4.69, 9.17) is 9.79 Å². The van der Waals surface area contributed by atoms with Crippen molar-refractivity contribution in [1.82, 2.24) is 0 Å². The van der Waals surface area contributed by atoms with Gasteiger partial charge in [0.2, 0.25) is 5.52 Å². The smallest absolute Gasteiger partial charge is 0.469 e. The number of methoxy groups -OCH3 is 1. The summed E-state index contributed by atoms with van der Waals surface area (Å²) in [6, 6.07) is 0. The average Bonchev–Trinajstić information content (AvgIpc) is 1.97. The van der Waals surface area contributed by atoms with Gasteiger partial charge in [-0.05, 0) is 0 Å². The van der Waals surface area contributed by atoms with E-state index in [9.17, 15) is 14.2 Å². The maximum atomic E-state index is 10.5. The largest absolute Gasteiger partial charge is 1.00 e. The maximum absolute atomic E-state index is 10.5. The molecule has 0 aliphatic rings. The van der Waals surface area contributed by atoms with Gasteiger partial charge in [-0.2, -0.15) is 0 Å². The van der Waals surface area contributed by atoms with Crippen molar-refractivity contribution in [2.45, 2.75) is 12.8 Å². The third kappa shape index (κ3) is 7.37. The normalized spacial score (nSPS) is 10.1. The summed E-state index contributed by atoms with van der Waals surface area (Å²) in [5, 5.41) is 0. The average molecular weight is 219 g/mol. The van der Waals surface area contributed by atoms with Gasteiger partial charge in [-0.3, -0.25) is 14.2 Å². The van der Waals surface area contributed by atoms with Crippen molar-refractivity contribution < 1.29 is 58.2 Å². The molecular formula is C5H9NaO6P+. The molecule has 0 amide bonds. The fourth-order valence-electron chi connectivity index (χ4n) is 0.457. The van der Waals surface area contributed by atoms with Gasteiger partial charge in [0, 0.05) is 6.42 Å². The topological polar surface area (TPSA) is 101 Å². The van der Waals surface area contributed by atoms with Crippen LogP contribution in [0.5, 0.6) is 0 Å². The molecule has 0 aliphatic carbocycles. The van der Waals surface area contributed by atoms with Crippen LogP contribution in [0, 0.1) is 0 Å². The molecule has 0 saturated heterocycles. The van der Waals surface area contributed by atoms with Crippen molar-refractivity contribution in [3.8, 4) is 0 Å². The summed E-state index contributed by atoms with van der Waals surface area (Å²) >= 11 is 0. The van der Waals surface area contributed by atoms with Crippen LogP contribution in [0.25, 0.3) is 0 Å². The first kappa shape index (κ1) is 15.7. The predicted molar refractivity (Wildman–Crippen MR) is 38.3 cm³/mol. The number of hydrogen-bond acceptors (Lipinski definition) is 4. The third-order valence-corrected chi connectivity index (χ3v) is 1.97. The fraction of sp³-hybridized carbons (Fsp3) is 0.600. The molecule has 0 aliphatic heterocycles. The molecule has 0 unspecified atom stereocenters. The summed E-state index contributed by atoms with van der Waals surface area (Å²) in [5.41, 5.74) is -1.24. The first-order valence-corrected chi connectivity index (χ1v) is 4.65. The van der Waals surface area contributed by atoms with Crippen LogP contribution in [0.15, 0.2) is 0 Å². The summed E-state index contributed by atoms with van der Waals surface area (Å²) in [7, 11) is -3.54. The molecule has 6 nitrogen and oxygen atoms in total. The molecule has 70 valence electrons. The monoisotopic (exact) mass is 219 g/mol. The summed E-state index contributed by atoms with van der Waals surface area (Å²) in [6.07, 6.45) is -0.794. The van der Waals surface area contributed by atoms with Crippen LogP contribution in [0.3, 0.4) is 0 Å². The van der Waals surface area contributed by atoms with Gasteiger partial charge in [0.1, 0.15) is 0 Å². The number of carbonyl (C=O) groups is 2. The molecule has 8 heteroatoms. The van der Waals surface area contributed by atoms with Crippen LogP contribution < -0.4 is 29.6 Å². The van der Waals surface area contributed by atoms with Gasteiger partial charge in [0.15, 0.2) is 0 Å². The van der Waals surface area contributed by atoms with Crippen LogP contribution in [-0.2, 0) is 18.9 Å². The zero-order valence-corrected chi connectivity index (χ0v) is 10.3. The van der Waals surface area contributed by atoms with Crippen LogP contribution in [0.2, 0.25) is 0 Å². The number of carbonyl (C=O) groups excluding carboxylic acids is 2. The molecule has 0 aromatic heterocycles. The molecule has 0 spiro atoms. The summed E-state index contributed by atoms with van der Waals surface area (Å²) < 4.78 is 14.4. The second kappa shape index (κ2) is 6.70. The zero-order chi connectivity index (χ0) is 9.78. The number of rotatable bonds is 4. The molecule has 0 atom stereocenters. The molecule has 0 heterocycles. The Morgan fingerprint density at radius 2 is 1.77 bits per heavy atom. The predicted octanol–water partition coefficient (Wildman–Crippen LogP) is -3.35. The minimum absolute atomic E-state index is 0. The summed E-state index contributed by atoms with van der Waals surface area (Å²) in [6.45, 7) is 0. The Bertz CT molecular complexity index is 233. The van der Waals surface area contributed by atoms with Gasteiger partial charge in [0.05, 0.1) is 13.5 Å². The Labute approximate surface area is 97.1 Å². The van der Waals surface area contributed by atoms with E-state index in [0.717, 1.165) is 7.11 Å². The van der Waals surface area contributed by atoms with Gasteiger partial charge >= 0.3 is 43.1 Å². The summed E-state index contributed by atoms with van der Waals surface area (Å²) in [5.74, 6) is -0.670. The Hall–Kier alpha value is 0.290. The van der Waals surface area contributed by atoms with E-state index in [2.05, 4.69) is 4.74 Å². The molecule has 0 fully saturated rings. The fourth-order valence-corrected chi connectivity index (χ4v) is 0.860. The molecule has 0 aromatic carbocycles. The van der Waals surface area contributed by atoms with Gasteiger partial charge in [-0.1, -0.05) is 0 Å². The molecular weight excluding hydrogens is 210 g/mol. The molecule has 13 heavy (non-hydrogen) atoms. The molecule has 0 saturated carbocycles. The number of esters is 1. The first-order valence-electron chi connectivity index (χ1n) is 3.03. The first-order chi connectivity index (χ1) is 5.38. The Morgan fingerprint density at radius 1 is 1.31 bits per heavy atom. The number of hydrogen-bond donors (Lipinski definition) is 2. The SMILES string of the molecule is COC(=O)CCC(=O)P(=O)(O)O.[Na+]. The third-order valence-electron chi connectivity index (χ3n) is 1.10. The second-order valence-electron chi connectivity index (χ2n) is 2.01. The molecule has 0 bridgehead atoms. The minimum atomic E-state index is -4.67. The van der Waals surface area contributed by atoms with Crippen molar-refractivity contribution in [2.24, 2.45) is 0 Å². The van der Waals surface area contributed by atoms with E-state index < -0.39 is 25.5 Å². The molecule has 0 rings (SSSR count). The quantitative estimate of drug-likeness (QED) is 0.291. The van der Waals surface area contributed by atoms with Crippen molar-refractivity contribution in [3.63, 3.8) is 0 Å². The summed E-state index contributed by atoms with van der Waals surface area (Å²) in [4.78, 5) is 37.5. The van der Waals surface area contributed by atoms with E-state index in [0.29, 0.717) is 0 Å². The second-order valence-corrected chi connectivity index (χ2v) is 3.60. The van der Waals surface area contributed by atoms with Gasteiger partial charge in [-0.15, -0.1) is 0 Å². The van der Waals surface area contributed by atoms with Gasteiger partial charge in [0.25, 0.3) is 0 Å². The van der Waals surface area contributed by atoms with Crippen LogP contribution in [-0.4, -0.2) is 28.4 Å². The standard InChI is InChI=1S/C5H9O6P.Na/c1-11-4(6)2-3-5(7)12(8,9)10;/h2-3H2,1H3,(H2,8,9,10);/q;+1. The Balaban J connectivity index is 0. The van der Waals surface area contributed by atoms with Crippen molar-refractivity contribution in [1.29, 1.82) is 0 Å². The Morgan fingerprint density at radius 3 is 2.08 bits per heavy atom. The maximum Gasteiger partial charge on any atom is 1.00 e. The van der Waals surface area contributed by atoms with Crippen LogP contribution in [0.1, 0.15) is 12.8 Å².